The first-order valence-corrected chi connectivity index (χ1v) is 6.92. The van der Waals surface area contributed by atoms with Crippen LogP contribution >= 0.6 is 11.6 Å². The SMILES string of the molecule is Cc1cc(Oc2ccc(Cl)cc2C=O)ccc1C(C)C. The molecule has 104 valence electrons. The molecule has 3 heteroatoms. The van der Waals surface area contributed by atoms with Gasteiger partial charge < -0.3 is 4.74 Å². The van der Waals surface area contributed by atoms with Gasteiger partial charge in [0.2, 0.25) is 0 Å². The molecule has 0 atom stereocenters. The van der Waals surface area contributed by atoms with E-state index in [0.717, 1.165) is 12.0 Å². The maximum Gasteiger partial charge on any atom is 0.153 e. The van der Waals surface area contributed by atoms with E-state index in [1.165, 1.54) is 11.1 Å². The van der Waals surface area contributed by atoms with Crippen molar-refractivity contribution in [3.63, 3.8) is 0 Å². The summed E-state index contributed by atoms with van der Waals surface area (Å²) in [6.07, 6.45) is 0.747. The van der Waals surface area contributed by atoms with Crippen LogP contribution in [0.4, 0.5) is 0 Å². The van der Waals surface area contributed by atoms with Gasteiger partial charge in [-0.15, -0.1) is 0 Å². The lowest BCUT2D eigenvalue weighted by molar-refractivity contribution is 0.112. The fourth-order valence-corrected chi connectivity index (χ4v) is 2.37. The Morgan fingerprint density at radius 1 is 1.15 bits per heavy atom. The lowest BCUT2D eigenvalue weighted by atomic mass is 9.98. The van der Waals surface area contributed by atoms with Crippen LogP contribution in [0.3, 0.4) is 0 Å². The minimum absolute atomic E-state index is 0.447. The Labute approximate surface area is 124 Å². The topological polar surface area (TPSA) is 26.3 Å². The van der Waals surface area contributed by atoms with Crippen molar-refractivity contribution in [2.24, 2.45) is 0 Å². The van der Waals surface area contributed by atoms with Crippen molar-refractivity contribution in [1.29, 1.82) is 0 Å². The molecule has 0 fully saturated rings. The van der Waals surface area contributed by atoms with E-state index >= 15 is 0 Å². The van der Waals surface area contributed by atoms with Crippen molar-refractivity contribution in [2.75, 3.05) is 0 Å². The summed E-state index contributed by atoms with van der Waals surface area (Å²) in [5, 5.41) is 0.519. The van der Waals surface area contributed by atoms with Gasteiger partial charge in [0.05, 0.1) is 5.56 Å². The summed E-state index contributed by atoms with van der Waals surface area (Å²) in [5.41, 5.74) is 2.92. The van der Waals surface area contributed by atoms with E-state index in [1.807, 2.05) is 12.1 Å². The third-order valence-corrected chi connectivity index (χ3v) is 3.42. The average Bonchev–Trinajstić information content (AvgIpc) is 2.40. The summed E-state index contributed by atoms with van der Waals surface area (Å²) in [4.78, 5) is 11.0. The van der Waals surface area contributed by atoms with Crippen LogP contribution in [0.1, 0.15) is 41.3 Å². The monoisotopic (exact) mass is 288 g/mol. The quantitative estimate of drug-likeness (QED) is 0.706. The minimum atomic E-state index is 0.447. The standard InChI is InChI=1S/C17H17ClO2/c1-11(2)16-6-5-15(8-12(16)3)20-17-7-4-14(18)9-13(17)10-19/h4-11H,1-3H3. The molecule has 0 aromatic heterocycles. The zero-order chi connectivity index (χ0) is 14.7. The van der Waals surface area contributed by atoms with Gasteiger partial charge in [0, 0.05) is 5.02 Å². The van der Waals surface area contributed by atoms with Gasteiger partial charge in [0.25, 0.3) is 0 Å². The lowest BCUT2D eigenvalue weighted by Gasteiger charge is -2.13. The van der Waals surface area contributed by atoms with Crippen LogP contribution in [0.2, 0.25) is 5.02 Å². The Hall–Kier alpha value is -1.80. The zero-order valence-corrected chi connectivity index (χ0v) is 12.6. The number of hydrogen-bond donors (Lipinski definition) is 0. The molecule has 0 radical (unpaired) electrons. The Bertz CT molecular complexity index is 633. The van der Waals surface area contributed by atoms with Crippen LogP contribution in [-0.4, -0.2) is 6.29 Å². The van der Waals surface area contributed by atoms with Crippen LogP contribution in [0.5, 0.6) is 11.5 Å². The van der Waals surface area contributed by atoms with Crippen LogP contribution in [-0.2, 0) is 0 Å². The molecule has 2 aromatic carbocycles. The number of ether oxygens (including phenoxy) is 1. The predicted octanol–water partition coefficient (Wildman–Crippen LogP) is 5.38. The summed E-state index contributed by atoms with van der Waals surface area (Å²) >= 11 is 5.86. The number of hydrogen-bond acceptors (Lipinski definition) is 2. The molecular formula is C17H17ClO2. The molecular weight excluding hydrogens is 272 g/mol. The highest BCUT2D eigenvalue weighted by Gasteiger charge is 2.08. The minimum Gasteiger partial charge on any atom is -0.457 e. The van der Waals surface area contributed by atoms with Gasteiger partial charge in [-0.25, -0.2) is 0 Å². The second-order valence-electron chi connectivity index (χ2n) is 5.08. The maximum atomic E-state index is 11.0. The Balaban J connectivity index is 2.31. The van der Waals surface area contributed by atoms with Crippen molar-refractivity contribution < 1.29 is 9.53 Å². The number of carbonyl (C=O) groups is 1. The third-order valence-electron chi connectivity index (χ3n) is 3.19. The number of rotatable bonds is 4. The zero-order valence-electron chi connectivity index (χ0n) is 11.8. The molecule has 0 saturated carbocycles. The molecule has 0 spiro atoms. The van der Waals surface area contributed by atoms with Gasteiger partial charge in [0.1, 0.15) is 11.5 Å². The van der Waals surface area contributed by atoms with E-state index < -0.39 is 0 Å². The molecule has 0 amide bonds. The van der Waals surface area contributed by atoms with Crippen molar-refractivity contribution in [2.45, 2.75) is 26.7 Å². The largest absolute Gasteiger partial charge is 0.457 e. The Morgan fingerprint density at radius 2 is 1.90 bits per heavy atom. The summed E-state index contributed by atoms with van der Waals surface area (Å²) in [6.45, 7) is 6.38. The molecule has 0 aliphatic heterocycles. The Kier molecular flexibility index (Phi) is 4.46. The summed E-state index contributed by atoms with van der Waals surface area (Å²) in [6, 6.07) is 11.0. The molecule has 0 unspecified atom stereocenters. The highest BCUT2D eigenvalue weighted by molar-refractivity contribution is 6.30. The van der Waals surface area contributed by atoms with E-state index in [0.29, 0.717) is 22.3 Å². The number of carbonyl (C=O) groups excluding carboxylic acids is 1. The molecule has 0 aliphatic carbocycles. The molecule has 2 aromatic rings. The second kappa shape index (κ2) is 6.10. The van der Waals surface area contributed by atoms with E-state index in [4.69, 9.17) is 16.3 Å². The summed E-state index contributed by atoms with van der Waals surface area (Å²) < 4.78 is 5.78. The fraction of sp³-hybridized carbons (Fsp3) is 0.235. The molecule has 2 rings (SSSR count). The highest BCUT2D eigenvalue weighted by atomic mass is 35.5. The van der Waals surface area contributed by atoms with E-state index in [1.54, 1.807) is 18.2 Å². The molecule has 0 heterocycles. The molecule has 20 heavy (non-hydrogen) atoms. The van der Waals surface area contributed by atoms with Gasteiger partial charge in [-0.2, -0.15) is 0 Å². The molecule has 0 N–H and O–H groups in total. The molecule has 0 aliphatic rings. The van der Waals surface area contributed by atoms with E-state index in [9.17, 15) is 4.79 Å². The van der Waals surface area contributed by atoms with E-state index in [2.05, 4.69) is 26.8 Å². The van der Waals surface area contributed by atoms with Crippen LogP contribution < -0.4 is 4.74 Å². The first-order valence-electron chi connectivity index (χ1n) is 6.54. The predicted molar refractivity (Wildman–Crippen MR) is 82.2 cm³/mol. The van der Waals surface area contributed by atoms with Crippen LogP contribution in [0, 0.1) is 6.92 Å². The Morgan fingerprint density at radius 3 is 2.50 bits per heavy atom. The second-order valence-corrected chi connectivity index (χ2v) is 5.51. The van der Waals surface area contributed by atoms with Gasteiger partial charge in [-0.05, 0) is 54.3 Å². The number of halogens is 1. The van der Waals surface area contributed by atoms with Crippen molar-refractivity contribution in [3.05, 3.63) is 58.1 Å². The first-order chi connectivity index (χ1) is 9.51. The maximum absolute atomic E-state index is 11.0. The molecule has 0 bridgehead atoms. The fourth-order valence-electron chi connectivity index (χ4n) is 2.19. The van der Waals surface area contributed by atoms with Crippen LogP contribution in [0.15, 0.2) is 36.4 Å². The van der Waals surface area contributed by atoms with Crippen molar-refractivity contribution in [1.82, 2.24) is 0 Å². The average molecular weight is 289 g/mol. The number of aldehydes is 1. The number of aryl methyl sites for hydroxylation is 1. The summed E-state index contributed by atoms with van der Waals surface area (Å²) in [5.74, 6) is 1.71. The van der Waals surface area contributed by atoms with Gasteiger partial charge in [-0.1, -0.05) is 31.5 Å². The molecule has 2 nitrogen and oxygen atoms in total. The molecule has 0 saturated heterocycles. The number of benzene rings is 2. The highest BCUT2D eigenvalue weighted by Crippen LogP contribution is 2.29. The third kappa shape index (κ3) is 3.20. The van der Waals surface area contributed by atoms with Crippen molar-refractivity contribution in [3.8, 4) is 11.5 Å². The van der Waals surface area contributed by atoms with Gasteiger partial charge in [-0.3, -0.25) is 4.79 Å². The van der Waals surface area contributed by atoms with Crippen molar-refractivity contribution >= 4 is 17.9 Å². The summed E-state index contributed by atoms with van der Waals surface area (Å²) in [7, 11) is 0. The van der Waals surface area contributed by atoms with Gasteiger partial charge >= 0.3 is 0 Å². The smallest absolute Gasteiger partial charge is 0.153 e. The first kappa shape index (κ1) is 14.6. The lowest BCUT2D eigenvalue weighted by Crippen LogP contribution is -1.94. The van der Waals surface area contributed by atoms with E-state index in [-0.39, 0.29) is 0 Å². The normalized spacial score (nSPS) is 10.7. The van der Waals surface area contributed by atoms with Gasteiger partial charge in [0.15, 0.2) is 6.29 Å². The van der Waals surface area contributed by atoms with Crippen LogP contribution in [0.25, 0.3) is 0 Å².